The van der Waals surface area contributed by atoms with Crippen LogP contribution >= 0.6 is 11.3 Å². The Morgan fingerprint density at radius 2 is 1.75 bits per heavy atom. The largest absolute Gasteiger partial charge is 0.453 e. The lowest BCUT2D eigenvalue weighted by atomic mass is 10.2. The first-order valence-corrected chi connectivity index (χ1v) is 10.5. The van der Waals surface area contributed by atoms with E-state index >= 15 is 0 Å². The lowest BCUT2D eigenvalue weighted by Gasteiger charge is -2.29. The number of methoxy groups -OCH3 is 1. The minimum Gasteiger partial charge on any atom is -0.453 e. The number of nitrogens with one attached hydrogen (secondary N) is 2. The van der Waals surface area contributed by atoms with Gasteiger partial charge in [-0.2, -0.15) is 4.31 Å². The number of imide groups is 1. The summed E-state index contributed by atoms with van der Waals surface area (Å²) < 4.78 is 30.4. The van der Waals surface area contributed by atoms with Gasteiger partial charge in [0.2, 0.25) is 10.0 Å². The summed E-state index contributed by atoms with van der Waals surface area (Å²) in [6.07, 6.45) is -0.0700. The maximum atomic E-state index is 12.4. The summed E-state index contributed by atoms with van der Waals surface area (Å²) in [6, 6.07) is 7.03. The molecule has 1 aliphatic rings. The van der Waals surface area contributed by atoms with Gasteiger partial charge in [0, 0.05) is 18.7 Å². The number of hydrogen-bond donors (Lipinski definition) is 2. The first kappa shape index (κ1) is 20.0. The Bertz CT molecular complexity index is 1010. The molecule has 1 saturated heterocycles. The van der Waals surface area contributed by atoms with Gasteiger partial charge in [0.05, 0.1) is 17.6 Å². The summed E-state index contributed by atoms with van der Waals surface area (Å²) in [6.45, 7) is 0.999. The molecule has 1 aliphatic heterocycles. The number of benzene rings is 1. The molecule has 0 unspecified atom stereocenters. The second-order valence-electron chi connectivity index (χ2n) is 5.85. The molecule has 0 atom stereocenters. The SMILES string of the molecule is COC(=O)NC(=O)c1ccsc1NC(=O)c1ccc(S(=O)(=O)N2CCC2)cc1. The second kappa shape index (κ2) is 8.09. The molecule has 2 N–H and O–H groups in total. The lowest BCUT2D eigenvalue weighted by molar-refractivity contribution is 0.0938. The van der Waals surface area contributed by atoms with Crippen LogP contribution in [-0.2, 0) is 14.8 Å². The van der Waals surface area contributed by atoms with Crippen molar-refractivity contribution in [3.05, 3.63) is 46.8 Å². The Labute approximate surface area is 165 Å². The number of hydrogen-bond acceptors (Lipinski definition) is 7. The predicted molar refractivity (Wildman–Crippen MR) is 102 cm³/mol. The van der Waals surface area contributed by atoms with Gasteiger partial charge in [-0.05, 0) is 42.1 Å². The van der Waals surface area contributed by atoms with Gasteiger partial charge in [-0.25, -0.2) is 13.2 Å². The molecule has 0 spiro atoms. The normalized spacial score (nSPS) is 14.0. The zero-order valence-corrected chi connectivity index (χ0v) is 16.4. The van der Waals surface area contributed by atoms with Gasteiger partial charge >= 0.3 is 6.09 Å². The van der Waals surface area contributed by atoms with Crippen molar-refractivity contribution in [2.45, 2.75) is 11.3 Å². The van der Waals surface area contributed by atoms with E-state index in [9.17, 15) is 22.8 Å². The number of ether oxygens (including phenoxy) is 1. The average Bonchev–Trinajstić information content (AvgIpc) is 3.08. The van der Waals surface area contributed by atoms with Gasteiger partial charge in [-0.1, -0.05) is 0 Å². The summed E-state index contributed by atoms with van der Waals surface area (Å²) >= 11 is 1.11. The van der Waals surface area contributed by atoms with Crippen LogP contribution in [0.4, 0.5) is 9.80 Å². The van der Waals surface area contributed by atoms with Gasteiger partial charge in [-0.3, -0.25) is 14.9 Å². The van der Waals surface area contributed by atoms with Gasteiger partial charge in [-0.15, -0.1) is 11.3 Å². The molecule has 0 aliphatic carbocycles. The molecule has 1 aromatic carbocycles. The number of sulfonamides is 1. The maximum Gasteiger partial charge on any atom is 0.413 e. The number of rotatable bonds is 5. The third-order valence-electron chi connectivity index (χ3n) is 4.11. The van der Waals surface area contributed by atoms with Crippen molar-refractivity contribution < 1.29 is 27.5 Å². The topological polar surface area (TPSA) is 122 Å². The third-order valence-corrected chi connectivity index (χ3v) is 6.85. The molecule has 1 aromatic heterocycles. The van der Waals surface area contributed by atoms with Crippen LogP contribution in [0.15, 0.2) is 40.6 Å². The standard InChI is InChI=1S/C17H17N3O6S2/c1-26-17(23)19-15(22)13-7-10-27-16(13)18-14(21)11-3-5-12(6-4-11)28(24,25)20-8-2-9-20/h3-7,10H,2,8-9H2,1H3,(H,18,21)(H,19,22,23). The Hall–Kier alpha value is -2.76. The summed E-state index contributed by atoms with van der Waals surface area (Å²) in [5.41, 5.74) is 0.344. The van der Waals surface area contributed by atoms with Crippen molar-refractivity contribution in [2.24, 2.45) is 0 Å². The number of alkyl carbamates (subject to hydrolysis) is 1. The number of anilines is 1. The Kier molecular flexibility index (Phi) is 5.77. The molecule has 9 nitrogen and oxygen atoms in total. The minimum atomic E-state index is -3.52. The van der Waals surface area contributed by atoms with E-state index in [0.29, 0.717) is 13.1 Å². The fourth-order valence-corrected chi connectivity index (χ4v) is 4.72. The molecule has 0 radical (unpaired) electrons. The number of carbonyl (C=O) groups is 3. The Morgan fingerprint density at radius 3 is 2.32 bits per heavy atom. The van der Waals surface area contributed by atoms with Gasteiger partial charge in [0.25, 0.3) is 11.8 Å². The molecule has 148 valence electrons. The van der Waals surface area contributed by atoms with Crippen LogP contribution in [-0.4, -0.2) is 50.8 Å². The quantitative estimate of drug-likeness (QED) is 0.757. The average molecular weight is 423 g/mol. The van der Waals surface area contributed by atoms with E-state index in [1.54, 1.807) is 5.38 Å². The summed E-state index contributed by atoms with van der Waals surface area (Å²) in [5.74, 6) is -1.22. The van der Waals surface area contributed by atoms with Crippen molar-refractivity contribution in [1.82, 2.24) is 9.62 Å². The van der Waals surface area contributed by atoms with Crippen LogP contribution in [0.3, 0.4) is 0 Å². The van der Waals surface area contributed by atoms with Gasteiger partial charge in [0.1, 0.15) is 5.00 Å². The molecular weight excluding hydrogens is 406 g/mol. The van der Waals surface area contributed by atoms with E-state index in [2.05, 4.69) is 10.1 Å². The van der Waals surface area contributed by atoms with Crippen LogP contribution in [0.1, 0.15) is 27.1 Å². The third kappa shape index (κ3) is 4.06. The molecule has 2 aromatic rings. The number of nitrogens with zero attached hydrogens (tertiary/aromatic N) is 1. The van der Waals surface area contributed by atoms with Crippen molar-refractivity contribution >= 4 is 44.3 Å². The first-order valence-electron chi connectivity index (χ1n) is 8.21. The highest BCUT2D eigenvalue weighted by Gasteiger charge is 2.29. The van der Waals surface area contributed by atoms with Gasteiger partial charge in [0.15, 0.2) is 0 Å². The van der Waals surface area contributed by atoms with E-state index in [-0.39, 0.29) is 21.0 Å². The number of amides is 3. The monoisotopic (exact) mass is 423 g/mol. The summed E-state index contributed by atoms with van der Waals surface area (Å²) in [5, 5.41) is 6.45. The fraction of sp³-hybridized carbons (Fsp3) is 0.235. The summed E-state index contributed by atoms with van der Waals surface area (Å²) in [4.78, 5) is 35.8. The van der Waals surface area contributed by atoms with Crippen LogP contribution in [0.5, 0.6) is 0 Å². The molecule has 11 heteroatoms. The molecule has 0 saturated carbocycles. The predicted octanol–water partition coefficient (Wildman–Crippen LogP) is 1.89. The van der Waals surface area contributed by atoms with Crippen molar-refractivity contribution in [3.8, 4) is 0 Å². The zero-order chi connectivity index (χ0) is 20.3. The molecule has 28 heavy (non-hydrogen) atoms. The van der Waals surface area contributed by atoms with Crippen LogP contribution in [0.25, 0.3) is 0 Å². The lowest BCUT2D eigenvalue weighted by Crippen LogP contribution is -2.41. The van der Waals surface area contributed by atoms with Crippen molar-refractivity contribution in [2.75, 3.05) is 25.5 Å². The Morgan fingerprint density at radius 1 is 1.07 bits per heavy atom. The Balaban J connectivity index is 1.71. The maximum absolute atomic E-state index is 12.4. The zero-order valence-electron chi connectivity index (χ0n) is 14.8. The second-order valence-corrected chi connectivity index (χ2v) is 8.70. The first-order chi connectivity index (χ1) is 13.3. The van der Waals surface area contributed by atoms with E-state index in [4.69, 9.17) is 0 Å². The minimum absolute atomic E-state index is 0.112. The van der Waals surface area contributed by atoms with E-state index < -0.39 is 27.9 Å². The van der Waals surface area contributed by atoms with Gasteiger partial charge < -0.3 is 10.1 Å². The number of thiophene rings is 1. The fourth-order valence-electron chi connectivity index (χ4n) is 2.43. The van der Waals surface area contributed by atoms with Crippen LogP contribution < -0.4 is 10.6 Å². The van der Waals surface area contributed by atoms with Crippen molar-refractivity contribution in [3.63, 3.8) is 0 Å². The molecule has 1 fully saturated rings. The summed E-state index contributed by atoms with van der Waals surface area (Å²) in [7, 11) is -2.39. The highest BCUT2D eigenvalue weighted by atomic mass is 32.2. The van der Waals surface area contributed by atoms with E-state index in [1.165, 1.54) is 34.6 Å². The smallest absolute Gasteiger partial charge is 0.413 e. The molecule has 0 bridgehead atoms. The van der Waals surface area contributed by atoms with Crippen LogP contribution in [0, 0.1) is 0 Å². The highest BCUT2D eigenvalue weighted by Crippen LogP contribution is 2.25. The van der Waals surface area contributed by atoms with Crippen molar-refractivity contribution in [1.29, 1.82) is 0 Å². The van der Waals surface area contributed by atoms with E-state index in [1.807, 2.05) is 5.32 Å². The molecule has 2 heterocycles. The molecular formula is C17H17N3O6S2. The molecule has 3 amide bonds. The molecule has 3 rings (SSSR count). The van der Waals surface area contributed by atoms with E-state index in [0.717, 1.165) is 24.9 Å². The van der Waals surface area contributed by atoms with Crippen LogP contribution in [0.2, 0.25) is 0 Å². The number of carbonyl (C=O) groups excluding carboxylic acids is 3. The highest BCUT2D eigenvalue weighted by molar-refractivity contribution is 7.89.